The van der Waals surface area contributed by atoms with E-state index >= 15 is 0 Å². The molecule has 0 bridgehead atoms. The van der Waals surface area contributed by atoms with Crippen molar-refractivity contribution in [2.75, 3.05) is 33.7 Å². The Bertz CT molecular complexity index is 731. The molecule has 1 heterocycles. The largest absolute Gasteiger partial charge is 0.490 e. The summed E-state index contributed by atoms with van der Waals surface area (Å²) in [6.45, 7) is 5.05. The predicted octanol–water partition coefficient (Wildman–Crippen LogP) is 3.32. The Morgan fingerprint density at radius 1 is 1.09 bits per heavy atom. The molecule has 0 aromatic heterocycles. The molecule has 1 saturated heterocycles. The van der Waals surface area contributed by atoms with Crippen molar-refractivity contribution >= 4 is 11.9 Å². The Labute approximate surface area is 187 Å². The number of aliphatic hydroxyl groups is 1. The van der Waals surface area contributed by atoms with Crippen molar-refractivity contribution in [1.82, 2.24) is 9.80 Å². The second-order valence-corrected chi connectivity index (χ2v) is 7.55. The van der Waals surface area contributed by atoms with Crippen LogP contribution in [0.5, 0.6) is 0 Å². The van der Waals surface area contributed by atoms with E-state index < -0.39 is 24.3 Å². The standard InChI is InChI=1S/C16H26N2O.2C2HF3O2/c1-13-6-4-7-14(10-13)16(17(2)3)12-18-9-5-8-15(19)11-18;2*3-2(4,5)1(6)7/h4,6-7,10,15-16,19H,5,8-9,11-12H2,1-3H3;2*(H,6,7). The third-order valence-electron chi connectivity index (χ3n) is 4.45. The first-order chi connectivity index (χ1) is 14.9. The van der Waals surface area contributed by atoms with Gasteiger partial charge < -0.3 is 20.2 Å². The topological polar surface area (TPSA) is 101 Å². The highest BCUT2D eigenvalue weighted by atomic mass is 19.4. The van der Waals surface area contributed by atoms with Crippen molar-refractivity contribution < 1.29 is 51.3 Å². The number of likely N-dealkylation sites (N-methyl/N-ethyl adjacent to an activating group) is 1. The number of aliphatic hydroxyl groups excluding tert-OH is 1. The molecule has 1 aliphatic rings. The average Bonchev–Trinajstić information content (AvgIpc) is 2.65. The smallest absolute Gasteiger partial charge is 0.475 e. The van der Waals surface area contributed by atoms with Gasteiger partial charge in [-0.25, -0.2) is 9.59 Å². The maximum Gasteiger partial charge on any atom is 0.490 e. The maximum atomic E-state index is 10.6. The second kappa shape index (κ2) is 13.4. The summed E-state index contributed by atoms with van der Waals surface area (Å²) < 4.78 is 63.5. The van der Waals surface area contributed by atoms with Crippen LogP contribution in [0.15, 0.2) is 24.3 Å². The number of piperidine rings is 1. The molecule has 0 radical (unpaired) electrons. The number of alkyl halides is 6. The Morgan fingerprint density at radius 2 is 1.58 bits per heavy atom. The minimum atomic E-state index is -5.08. The number of β-amino-alcohol motifs (C(OH)–C–C–N with tert-alkyl or cyclic N) is 1. The van der Waals surface area contributed by atoms with E-state index in [4.69, 9.17) is 19.8 Å². The van der Waals surface area contributed by atoms with Crippen molar-refractivity contribution in [3.05, 3.63) is 35.4 Å². The number of nitrogens with zero attached hydrogens (tertiary/aromatic N) is 2. The van der Waals surface area contributed by atoms with Crippen LogP contribution in [0.2, 0.25) is 0 Å². The first kappa shape index (κ1) is 30.6. The monoisotopic (exact) mass is 490 g/mol. The Morgan fingerprint density at radius 3 is 1.94 bits per heavy atom. The van der Waals surface area contributed by atoms with Crippen LogP contribution < -0.4 is 0 Å². The summed E-state index contributed by atoms with van der Waals surface area (Å²) in [6.07, 6.45) is -8.25. The van der Waals surface area contributed by atoms with Crippen LogP contribution in [0.4, 0.5) is 26.3 Å². The molecule has 0 amide bonds. The van der Waals surface area contributed by atoms with Gasteiger partial charge in [0, 0.05) is 19.1 Å². The van der Waals surface area contributed by atoms with Gasteiger partial charge >= 0.3 is 24.3 Å². The van der Waals surface area contributed by atoms with E-state index in [2.05, 4.69) is 55.1 Å². The van der Waals surface area contributed by atoms with Crippen LogP contribution >= 0.6 is 0 Å². The number of aliphatic carboxylic acids is 2. The van der Waals surface area contributed by atoms with Crippen LogP contribution in [-0.2, 0) is 9.59 Å². The predicted molar refractivity (Wildman–Crippen MR) is 107 cm³/mol. The summed E-state index contributed by atoms with van der Waals surface area (Å²) in [5, 5.41) is 24.0. The Balaban J connectivity index is 0.000000605. The lowest BCUT2D eigenvalue weighted by molar-refractivity contribution is -0.193. The number of benzene rings is 1. The zero-order valence-electron chi connectivity index (χ0n) is 18.3. The summed E-state index contributed by atoms with van der Waals surface area (Å²) in [5.41, 5.74) is 2.67. The first-order valence-electron chi connectivity index (χ1n) is 9.68. The van der Waals surface area contributed by atoms with Crippen LogP contribution in [0.25, 0.3) is 0 Å². The van der Waals surface area contributed by atoms with Gasteiger partial charge in [-0.1, -0.05) is 29.8 Å². The van der Waals surface area contributed by atoms with Gasteiger partial charge in [0.15, 0.2) is 0 Å². The quantitative estimate of drug-likeness (QED) is 0.557. The van der Waals surface area contributed by atoms with E-state index in [0.29, 0.717) is 6.04 Å². The molecule has 1 aromatic rings. The Hall–Kier alpha value is -2.38. The zero-order chi connectivity index (χ0) is 26.0. The van der Waals surface area contributed by atoms with E-state index in [9.17, 15) is 31.4 Å². The number of carbonyl (C=O) groups is 2. The normalized spacial score (nSPS) is 17.8. The molecule has 0 aliphatic carbocycles. The molecular formula is C20H28F6N2O5. The van der Waals surface area contributed by atoms with Crippen LogP contribution in [0.1, 0.15) is 30.0 Å². The number of carboxylic acid groups (broad SMARTS) is 2. The minimum absolute atomic E-state index is 0.144. The van der Waals surface area contributed by atoms with Crippen LogP contribution in [0, 0.1) is 6.92 Å². The molecule has 13 heteroatoms. The molecule has 33 heavy (non-hydrogen) atoms. The van der Waals surface area contributed by atoms with Crippen molar-refractivity contribution in [3.8, 4) is 0 Å². The minimum Gasteiger partial charge on any atom is -0.475 e. The van der Waals surface area contributed by atoms with Crippen molar-refractivity contribution in [1.29, 1.82) is 0 Å². The van der Waals surface area contributed by atoms with Gasteiger partial charge in [0.25, 0.3) is 0 Å². The zero-order valence-corrected chi connectivity index (χ0v) is 18.3. The molecule has 0 spiro atoms. The molecule has 2 unspecified atom stereocenters. The van der Waals surface area contributed by atoms with E-state index in [-0.39, 0.29) is 6.10 Å². The van der Waals surface area contributed by atoms with Gasteiger partial charge in [-0.05, 0) is 46.0 Å². The summed E-state index contributed by atoms with van der Waals surface area (Å²) in [4.78, 5) is 22.5. The lowest BCUT2D eigenvalue weighted by atomic mass is 10.0. The number of rotatable bonds is 4. The van der Waals surface area contributed by atoms with Gasteiger partial charge in [0.1, 0.15) is 0 Å². The van der Waals surface area contributed by atoms with Crippen LogP contribution in [-0.4, -0.2) is 89.2 Å². The van der Waals surface area contributed by atoms with Crippen molar-refractivity contribution in [3.63, 3.8) is 0 Å². The molecular weight excluding hydrogens is 462 g/mol. The molecule has 2 rings (SSSR count). The van der Waals surface area contributed by atoms with Gasteiger partial charge in [-0.15, -0.1) is 0 Å². The van der Waals surface area contributed by atoms with Gasteiger partial charge in [-0.3, -0.25) is 4.90 Å². The molecule has 1 aromatic carbocycles. The van der Waals surface area contributed by atoms with E-state index in [0.717, 1.165) is 32.5 Å². The first-order valence-corrected chi connectivity index (χ1v) is 9.68. The maximum absolute atomic E-state index is 10.6. The number of hydrogen-bond acceptors (Lipinski definition) is 5. The fourth-order valence-corrected chi connectivity index (χ4v) is 2.89. The van der Waals surface area contributed by atoms with Gasteiger partial charge in [-0.2, -0.15) is 26.3 Å². The fraction of sp³-hybridized carbons (Fsp3) is 0.600. The number of halogens is 6. The number of aryl methyl sites for hydroxylation is 1. The highest BCUT2D eigenvalue weighted by molar-refractivity contribution is 5.73. The molecule has 190 valence electrons. The molecule has 7 nitrogen and oxygen atoms in total. The average molecular weight is 490 g/mol. The summed E-state index contributed by atoms with van der Waals surface area (Å²) in [5.74, 6) is -5.51. The van der Waals surface area contributed by atoms with Gasteiger partial charge in [0.05, 0.1) is 6.10 Å². The van der Waals surface area contributed by atoms with E-state index in [1.807, 2.05) is 0 Å². The molecule has 3 N–H and O–H groups in total. The third kappa shape index (κ3) is 13.0. The lowest BCUT2D eigenvalue weighted by Crippen LogP contribution is -2.42. The molecule has 1 fully saturated rings. The Kier molecular flexibility index (Phi) is 12.4. The third-order valence-corrected chi connectivity index (χ3v) is 4.45. The SMILES string of the molecule is Cc1cccc(C(CN2CCCC(O)C2)N(C)C)c1.O=C(O)C(F)(F)F.O=C(O)C(F)(F)F. The van der Waals surface area contributed by atoms with E-state index in [1.54, 1.807) is 0 Å². The van der Waals surface area contributed by atoms with E-state index in [1.165, 1.54) is 11.1 Å². The fourth-order valence-electron chi connectivity index (χ4n) is 2.89. The lowest BCUT2D eigenvalue weighted by Gasteiger charge is -2.35. The summed E-state index contributed by atoms with van der Waals surface area (Å²) in [7, 11) is 4.26. The van der Waals surface area contributed by atoms with Crippen molar-refractivity contribution in [2.45, 2.75) is 44.3 Å². The second-order valence-electron chi connectivity index (χ2n) is 7.55. The highest BCUT2D eigenvalue weighted by Crippen LogP contribution is 2.22. The summed E-state index contributed by atoms with van der Waals surface area (Å²) >= 11 is 0. The van der Waals surface area contributed by atoms with Crippen molar-refractivity contribution in [2.24, 2.45) is 0 Å². The number of hydrogen-bond donors (Lipinski definition) is 3. The number of likely N-dealkylation sites (tertiary alicyclic amines) is 1. The molecule has 2 atom stereocenters. The van der Waals surface area contributed by atoms with Crippen LogP contribution in [0.3, 0.4) is 0 Å². The number of carboxylic acids is 2. The molecule has 0 saturated carbocycles. The van der Waals surface area contributed by atoms with Gasteiger partial charge in [0.2, 0.25) is 0 Å². The highest BCUT2D eigenvalue weighted by Gasteiger charge is 2.38. The summed E-state index contributed by atoms with van der Waals surface area (Å²) in [6, 6.07) is 9.14. The molecule has 1 aliphatic heterocycles.